The van der Waals surface area contributed by atoms with E-state index in [1.165, 1.54) is 0 Å². The molecule has 7 nitrogen and oxygen atoms in total. The van der Waals surface area contributed by atoms with Crippen LogP contribution in [0.1, 0.15) is 12.2 Å². The lowest BCUT2D eigenvalue weighted by atomic mass is 10.3. The predicted molar refractivity (Wildman–Crippen MR) is 117 cm³/mol. The molecule has 0 saturated carbocycles. The molecule has 0 fully saturated rings. The largest absolute Gasteiger partial charge is 0.382 e. The van der Waals surface area contributed by atoms with Crippen molar-refractivity contribution in [3.63, 3.8) is 0 Å². The summed E-state index contributed by atoms with van der Waals surface area (Å²) in [5.74, 6) is 1.83. The lowest BCUT2D eigenvalue weighted by Crippen LogP contribution is -2.39. The summed E-state index contributed by atoms with van der Waals surface area (Å²) in [6, 6.07) is 8.21. The molecule has 1 aromatic heterocycles. The van der Waals surface area contributed by atoms with Gasteiger partial charge in [0.1, 0.15) is 5.82 Å². The SMILES string of the molecule is CN=C(NCCCOCCOC)NCCn1c(C)nc2ccccc21.I. The minimum atomic E-state index is 0. The van der Waals surface area contributed by atoms with E-state index in [9.17, 15) is 0 Å². The molecule has 0 amide bonds. The second-order valence-corrected chi connectivity index (χ2v) is 5.68. The lowest BCUT2D eigenvalue weighted by Gasteiger charge is -2.13. The van der Waals surface area contributed by atoms with Crippen molar-refractivity contribution in [2.45, 2.75) is 19.9 Å². The molecule has 0 aliphatic rings. The molecule has 0 atom stereocenters. The standard InChI is InChI=1S/C18H29N5O2.HI/c1-15-22-16-7-4-5-8-17(16)23(15)11-10-21-18(19-2)20-9-6-12-25-14-13-24-3;/h4-5,7-8H,6,9-14H2,1-3H3,(H2,19,20,21);1H. The molecule has 0 spiro atoms. The Kier molecular flexibility index (Phi) is 11.2. The van der Waals surface area contributed by atoms with Crippen LogP contribution in [0.4, 0.5) is 0 Å². The summed E-state index contributed by atoms with van der Waals surface area (Å²) in [7, 11) is 3.46. The maximum Gasteiger partial charge on any atom is 0.191 e. The van der Waals surface area contributed by atoms with E-state index in [4.69, 9.17) is 9.47 Å². The van der Waals surface area contributed by atoms with Gasteiger partial charge in [0, 0.05) is 40.4 Å². The molecule has 8 heteroatoms. The maximum absolute atomic E-state index is 5.44. The maximum atomic E-state index is 5.44. The predicted octanol–water partition coefficient (Wildman–Crippen LogP) is 2.18. The summed E-state index contributed by atoms with van der Waals surface area (Å²) >= 11 is 0. The Morgan fingerprint density at radius 1 is 1.15 bits per heavy atom. The van der Waals surface area contributed by atoms with Gasteiger partial charge in [0.15, 0.2) is 5.96 Å². The Hall–Kier alpha value is -1.39. The zero-order chi connectivity index (χ0) is 17.9. The van der Waals surface area contributed by atoms with Crippen molar-refractivity contribution in [3.05, 3.63) is 30.1 Å². The molecule has 1 aromatic carbocycles. The molecular weight excluding hydrogens is 445 g/mol. The van der Waals surface area contributed by atoms with Crippen molar-refractivity contribution in [2.24, 2.45) is 4.99 Å². The van der Waals surface area contributed by atoms with Gasteiger partial charge < -0.3 is 24.7 Å². The van der Waals surface area contributed by atoms with Crippen molar-refractivity contribution in [1.29, 1.82) is 0 Å². The van der Waals surface area contributed by atoms with E-state index in [2.05, 4.69) is 31.2 Å². The fraction of sp³-hybridized carbons (Fsp3) is 0.556. The van der Waals surface area contributed by atoms with E-state index in [1.807, 2.05) is 25.1 Å². The van der Waals surface area contributed by atoms with E-state index in [-0.39, 0.29) is 24.0 Å². The van der Waals surface area contributed by atoms with Crippen LogP contribution in [0, 0.1) is 6.92 Å². The van der Waals surface area contributed by atoms with Crippen molar-refractivity contribution < 1.29 is 9.47 Å². The van der Waals surface area contributed by atoms with Crippen LogP contribution in [0.3, 0.4) is 0 Å². The normalized spacial score (nSPS) is 11.4. The first-order valence-corrected chi connectivity index (χ1v) is 8.69. The van der Waals surface area contributed by atoms with E-state index < -0.39 is 0 Å². The first kappa shape index (κ1) is 22.7. The smallest absolute Gasteiger partial charge is 0.191 e. The zero-order valence-corrected chi connectivity index (χ0v) is 18.2. The highest BCUT2D eigenvalue weighted by atomic mass is 127. The number of ether oxygens (including phenoxy) is 2. The fourth-order valence-electron chi connectivity index (χ4n) is 2.61. The van der Waals surface area contributed by atoms with Gasteiger partial charge in [-0.25, -0.2) is 4.98 Å². The highest BCUT2D eigenvalue weighted by Crippen LogP contribution is 2.14. The van der Waals surface area contributed by atoms with Crippen LogP contribution in [-0.2, 0) is 16.0 Å². The molecule has 1 heterocycles. The van der Waals surface area contributed by atoms with E-state index >= 15 is 0 Å². The first-order valence-electron chi connectivity index (χ1n) is 8.69. The van der Waals surface area contributed by atoms with E-state index in [0.29, 0.717) is 19.8 Å². The summed E-state index contributed by atoms with van der Waals surface area (Å²) in [6.45, 7) is 6.48. The monoisotopic (exact) mass is 475 g/mol. The minimum absolute atomic E-state index is 0. The minimum Gasteiger partial charge on any atom is -0.382 e. The van der Waals surface area contributed by atoms with Gasteiger partial charge in [0.2, 0.25) is 0 Å². The molecule has 0 aliphatic carbocycles. The molecule has 2 rings (SSSR count). The topological polar surface area (TPSA) is 72.7 Å². The summed E-state index contributed by atoms with van der Waals surface area (Å²) in [4.78, 5) is 8.84. The highest BCUT2D eigenvalue weighted by molar-refractivity contribution is 14.0. The van der Waals surface area contributed by atoms with Gasteiger partial charge >= 0.3 is 0 Å². The van der Waals surface area contributed by atoms with Crippen molar-refractivity contribution in [1.82, 2.24) is 20.2 Å². The third kappa shape index (κ3) is 7.08. The Labute approximate surface area is 172 Å². The Balaban J connectivity index is 0.00000338. The lowest BCUT2D eigenvalue weighted by molar-refractivity contribution is 0.0698. The number of aryl methyl sites for hydroxylation is 1. The van der Waals surface area contributed by atoms with Crippen LogP contribution in [0.15, 0.2) is 29.3 Å². The number of benzene rings is 1. The van der Waals surface area contributed by atoms with Crippen LogP contribution in [0.2, 0.25) is 0 Å². The summed E-state index contributed by atoms with van der Waals surface area (Å²) in [5.41, 5.74) is 2.20. The zero-order valence-electron chi connectivity index (χ0n) is 15.8. The van der Waals surface area contributed by atoms with Gasteiger partial charge in [0.25, 0.3) is 0 Å². The molecule has 0 radical (unpaired) electrons. The number of hydrogen-bond acceptors (Lipinski definition) is 4. The molecule has 26 heavy (non-hydrogen) atoms. The molecule has 0 aliphatic heterocycles. The van der Waals surface area contributed by atoms with Crippen LogP contribution in [0.25, 0.3) is 11.0 Å². The van der Waals surface area contributed by atoms with Gasteiger partial charge in [-0.15, -0.1) is 24.0 Å². The van der Waals surface area contributed by atoms with Crippen LogP contribution in [-0.4, -0.2) is 62.6 Å². The van der Waals surface area contributed by atoms with Crippen molar-refractivity contribution in [2.75, 3.05) is 47.1 Å². The number of hydrogen-bond donors (Lipinski definition) is 2. The Morgan fingerprint density at radius 2 is 1.92 bits per heavy atom. The van der Waals surface area contributed by atoms with Crippen molar-refractivity contribution >= 4 is 41.0 Å². The second-order valence-electron chi connectivity index (χ2n) is 5.68. The number of nitrogens with one attached hydrogen (secondary N) is 2. The van der Waals surface area contributed by atoms with Gasteiger partial charge in [-0.1, -0.05) is 12.1 Å². The molecule has 0 unspecified atom stereocenters. The number of aliphatic imine (C=N–C) groups is 1. The average Bonchev–Trinajstić information content (AvgIpc) is 2.95. The van der Waals surface area contributed by atoms with E-state index in [1.54, 1.807) is 14.2 Å². The summed E-state index contributed by atoms with van der Waals surface area (Å²) < 4.78 is 12.6. The van der Waals surface area contributed by atoms with Crippen molar-refractivity contribution in [3.8, 4) is 0 Å². The van der Waals surface area contributed by atoms with Gasteiger partial charge in [-0.2, -0.15) is 0 Å². The number of rotatable bonds is 10. The van der Waals surface area contributed by atoms with Crippen LogP contribution < -0.4 is 10.6 Å². The van der Waals surface area contributed by atoms with Crippen LogP contribution >= 0.6 is 24.0 Å². The summed E-state index contributed by atoms with van der Waals surface area (Å²) in [5, 5.41) is 6.64. The Bertz CT molecular complexity index is 675. The molecule has 0 bridgehead atoms. The number of aromatic nitrogens is 2. The number of para-hydroxylation sites is 2. The molecule has 2 N–H and O–H groups in total. The number of guanidine groups is 1. The third-order valence-corrected chi connectivity index (χ3v) is 3.89. The molecule has 0 saturated heterocycles. The average molecular weight is 475 g/mol. The quantitative estimate of drug-likeness (QED) is 0.239. The Morgan fingerprint density at radius 3 is 2.69 bits per heavy atom. The molecule has 146 valence electrons. The summed E-state index contributed by atoms with van der Waals surface area (Å²) in [6.07, 6.45) is 0.926. The highest BCUT2D eigenvalue weighted by Gasteiger charge is 2.06. The van der Waals surface area contributed by atoms with Gasteiger partial charge in [-0.05, 0) is 25.5 Å². The number of imidazole rings is 1. The third-order valence-electron chi connectivity index (χ3n) is 3.89. The fourth-order valence-corrected chi connectivity index (χ4v) is 2.61. The number of methoxy groups -OCH3 is 1. The van der Waals surface area contributed by atoms with Gasteiger partial charge in [-0.3, -0.25) is 4.99 Å². The number of halogens is 1. The number of nitrogens with zero attached hydrogens (tertiary/aromatic N) is 3. The number of fused-ring (bicyclic) bond motifs is 1. The molecular formula is C18H30IN5O2. The van der Waals surface area contributed by atoms with E-state index in [0.717, 1.165) is 48.9 Å². The second kappa shape index (κ2) is 12.9. The first-order chi connectivity index (χ1) is 12.3. The van der Waals surface area contributed by atoms with Crippen LogP contribution in [0.5, 0.6) is 0 Å². The van der Waals surface area contributed by atoms with Gasteiger partial charge in [0.05, 0.1) is 24.2 Å². The molecule has 2 aromatic rings.